The normalized spacial score (nSPS) is 21.2. The number of piperidine rings is 1. The zero-order chi connectivity index (χ0) is 32.7. The molecule has 0 spiro atoms. The molecule has 6 amide bonds. The number of pyridine rings is 1. The molecule has 2 aromatic carbocycles. The summed E-state index contributed by atoms with van der Waals surface area (Å²) in [5.74, 6) is -2.13. The van der Waals surface area contributed by atoms with E-state index in [4.69, 9.17) is 0 Å². The number of aromatic nitrogens is 2. The maximum Gasteiger partial charge on any atom is 0.262 e. The first-order valence-electron chi connectivity index (χ1n) is 16.0. The highest BCUT2D eigenvalue weighted by molar-refractivity contribution is 6.24. The van der Waals surface area contributed by atoms with Crippen LogP contribution in [-0.4, -0.2) is 69.0 Å². The fourth-order valence-corrected chi connectivity index (χ4v) is 7.08. The van der Waals surface area contributed by atoms with Crippen LogP contribution >= 0.6 is 0 Å². The molecule has 3 N–H and O–H groups in total. The zero-order valence-electron chi connectivity index (χ0n) is 25.7. The van der Waals surface area contributed by atoms with E-state index < -0.39 is 29.7 Å². The quantitative estimate of drug-likeness (QED) is 0.251. The van der Waals surface area contributed by atoms with Crippen LogP contribution in [0.5, 0.6) is 0 Å². The van der Waals surface area contributed by atoms with Crippen molar-refractivity contribution >= 4 is 57.4 Å². The van der Waals surface area contributed by atoms with Crippen molar-refractivity contribution in [3.8, 4) is 0 Å². The van der Waals surface area contributed by atoms with Gasteiger partial charge < -0.3 is 15.2 Å². The molecule has 47 heavy (non-hydrogen) atoms. The summed E-state index contributed by atoms with van der Waals surface area (Å²) in [5, 5.41) is 10.3. The number of rotatable bonds is 8. The topological polar surface area (TPSA) is 160 Å². The largest absolute Gasteiger partial charge is 0.354 e. The Morgan fingerprint density at radius 1 is 0.809 bits per heavy atom. The van der Waals surface area contributed by atoms with Gasteiger partial charge in [0.05, 0.1) is 16.6 Å². The third-order valence-corrected chi connectivity index (χ3v) is 9.64. The summed E-state index contributed by atoms with van der Waals surface area (Å²) in [4.78, 5) is 81.2. The van der Waals surface area contributed by atoms with E-state index in [-0.39, 0.29) is 53.8 Å². The summed E-state index contributed by atoms with van der Waals surface area (Å²) >= 11 is 0. The van der Waals surface area contributed by atoms with Crippen LogP contribution in [-0.2, 0) is 20.9 Å². The number of hydrogen-bond donors (Lipinski definition) is 3. The molecule has 2 fully saturated rings. The summed E-state index contributed by atoms with van der Waals surface area (Å²) in [6.07, 6.45) is 5.54. The van der Waals surface area contributed by atoms with Gasteiger partial charge in [-0.15, -0.1) is 0 Å². The van der Waals surface area contributed by atoms with Crippen molar-refractivity contribution in [1.82, 2.24) is 30.4 Å². The lowest BCUT2D eigenvalue weighted by molar-refractivity contribution is -0.136. The molecular formula is C35H34N6O6. The molecule has 12 heteroatoms. The average Bonchev–Trinajstić information content (AvgIpc) is 3.53. The Balaban J connectivity index is 0.886. The minimum Gasteiger partial charge on any atom is -0.354 e. The number of nitrogens with one attached hydrogen (secondary N) is 3. The molecule has 0 bridgehead atoms. The summed E-state index contributed by atoms with van der Waals surface area (Å²) in [6.45, 7) is 1.27. The second-order valence-corrected chi connectivity index (χ2v) is 12.6. The molecule has 1 atom stereocenters. The molecule has 2 aromatic heterocycles. The van der Waals surface area contributed by atoms with Crippen molar-refractivity contribution in [2.75, 3.05) is 13.1 Å². The van der Waals surface area contributed by atoms with Crippen LogP contribution in [0.15, 0.2) is 60.8 Å². The van der Waals surface area contributed by atoms with Crippen molar-refractivity contribution in [3.63, 3.8) is 0 Å². The first-order valence-corrected chi connectivity index (χ1v) is 16.0. The number of benzene rings is 2. The number of carbonyl (C=O) groups excluding carboxylic acids is 6. The Hall–Kier alpha value is -5.39. The molecule has 1 unspecified atom stereocenters. The van der Waals surface area contributed by atoms with Gasteiger partial charge in [0.2, 0.25) is 17.7 Å². The zero-order valence-corrected chi connectivity index (χ0v) is 25.7. The SMILES string of the molecule is O=C(Cn1c2ccccc2c2cccnc21)NC[C@H]1CC[C@H](CNC(=O)c2ccc3c(c2)C(=O)N(C2CCC(=O)NC2=O)C3=O)CC1. The lowest BCUT2D eigenvalue weighted by Crippen LogP contribution is -2.54. The fraction of sp³-hybridized carbons (Fsp3) is 0.343. The van der Waals surface area contributed by atoms with E-state index in [2.05, 4.69) is 20.9 Å². The summed E-state index contributed by atoms with van der Waals surface area (Å²) in [5.41, 5.74) is 2.23. The highest BCUT2D eigenvalue weighted by atomic mass is 16.2. The molecule has 4 aromatic rings. The van der Waals surface area contributed by atoms with E-state index in [9.17, 15) is 28.8 Å². The van der Waals surface area contributed by atoms with Gasteiger partial charge in [-0.2, -0.15) is 0 Å². The second-order valence-electron chi connectivity index (χ2n) is 12.6. The molecule has 0 radical (unpaired) electrons. The maximum absolute atomic E-state index is 13.1. The molecule has 2 aliphatic heterocycles. The van der Waals surface area contributed by atoms with Gasteiger partial charge in [0.1, 0.15) is 18.2 Å². The van der Waals surface area contributed by atoms with Crippen LogP contribution in [0.2, 0.25) is 0 Å². The van der Waals surface area contributed by atoms with Crippen molar-refractivity contribution in [1.29, 1.82) is 0 Å². The van der Waals surface area contributed by atoms with Gasteiger partial charge in [-0.3, -0.25) is 39.0 Å². The Morgan fingerprint density at radius 3 is 2.28 bits per heavy atom. The van der Waals surface area contributed by atoms with Gasteiger partial charge in [0.25, 0.3) is 17.7 Å². The molecule has 1 saturated carbocycles. The maximum atomic E-state index is 13.1. The summed E-state index contributed by atoms with van der Waals surface area (Å²) < 4.78 is 1.96. The lowest BCUT2D eigenvalue weighted by Gasteiger charge is -2.28. The highest BCUT2D eigenvalue weighted by Gasteiger charge is 2.44. The van der Waals surface area contributed by atoms with Crippen molar-refractivity contribution in [3.05, 3.63) is 77.5 Å². The minimum absolute atomic E-state index is 0.0373. The Bertz CT molecular complexity index is 1910. The molecule has 1 saturated heterocycles. The van der Waals surface area contributed by atoms with Crippen LogP contribution < -0.4 is 16.0 Å². The highest BCUT2D eigenvalue weighted by Crippen LogP contribution is 2.30. The van der Waals surface area contributed by atoms with E-state index in [1.54, 1.807) is 6.20 Å². The number of amides is 6. The van der Waals surface area contributed by atoms with Gasteiger partial charge in [0.15, 0.2) is 0 Å². The van der Waals surface area contributed by atoms with Crippen molar-refractivity contribution in [2.45, 2.75) is 51.1 Å². The van der Waals surface area contributed by atoms with E-state index >= 15 is 0 Å². The number of hydrogen-bond acceptors (Lipinski definition) is 7. The molecule has 4 heterocycles. The Labute approximate surface area is 269 Å². The predicted octanol–water partition coefficient (Wildman–Crippen LogP) is 2.94. The van der Waals surface area contributed by atoms with Gasteiger partial charge in [0, 0.05) is 42.0 Å². The third-order valence-electron chi connectivity index (χ3n) is 9.64. The van der Waals surface area contributed by atoms with Gasteiger partial charge in [-0.05, 0) is 80.3 Å². The third kappa shape index (κ3) is 5.75. The molecule has 1 aliphatic carbocycles. The number of nitrogens with zero attached hydrogens (tertiary/aromatic N) is 3. The van der Waals surface area contributed by atoms with Crippen LogP contribution in [0.3, 0.4) is 0 Å². The molecular weight excluding hydrogens is 600 g/mol. The Kier molecular flexibility index (Phi) is 8.00. The van der Waals surface area contributed by atoms with Crippen molar-refractivity contribution < 1.29 is 28.8 Å². The molecule has 3 aliphatic rings. The van der Waals surface area contributed by atoms with E-state index in [1.165, 1.54) is 18.2 Å². The first kappa shape index (κ1) is 30.3. The Morgan fingerprint density at radius 2 is 1.51 bits per heavy atom. The molecule has 240 valence electrons. The number of carbonyl (C=O) groups is 6. The minimum atomic E-state index is -1.06. The standard InChI is InChI=1S/C35H34N6O6/c42-29-14-13-28(33(45)39-29)41-34(46)25-12-11-22(16-26(25)35(41)47)32(44)38-18-21-9-7-20(8-10-21)17-37-30(43)19-40-27-6-2-1-4-23(27)24-5-3-15-36-31(24)40/h1-6,11-12,15-16,20-21,28H,7-10,13-14,17-19H2,(H,37,43)(H,38,44)(H,39,42,45)/t20-,21-,28?. The summed E-state index contributed by atoms with van der Waals surface area (Å²) in [7, 11) is 0. The van der Waals surface area contributed by atoms with Crippen LogP contribution in [0.1, 0.15) is 69.6 Å². The predicted molar refractivity (Wildman–Crippen MR) is 171 cm³/mol. The monoisotopic (exact) mass is 634 g/mol. The van der Waals surface area contributed by atoms with Crippen LogP contribution in [0.4, 0.5) is 0 Å². The number of para-hydroxylation sites is 1. The first-order chi connectivity index (χ1) is 22.8. The van der Waals surface area contributed by atoms with E-state index in [1.807, 2.05) is 41.0 Å². The van der Waals surface area contributed by atoms with Gasteiger partial charge in [-0.25, -0.2) is 4.98 Å². The average molecular weight is 635 g/mol. The van der Waals surface area contributed by atoms with E-state index in [0.29, 0.717) is 19.0 Å². The van der Waals surface area contributed by atoms with Crippen molar-refractivity contribution in [2.24, 2.45) is 11.8 Å². The summed E-state index contributed by atoms with van der Waals surface area (Å²) in [6, 6.07) is 15.2. The molecule has 7 rings (SSSR count). The molecule has 12 nitrogen and oxygen atoms in total. The second kappa shape index (κ2) is 12.4. The van der Waals surface area contributed by atoms with Crippen LogP contribution in [0.25, 0.3) is 21.9 Å². The lowest BCUT2D eigenvalue weighted by atomic mass is 9.82. The van der Waals surface area contributed by atoms with Crippen LogP contribution in [0, 0.1) is 11.8 Å². The van der Waals surface area contributed by atoms with E-state index in [0.717, 1.165) is 52.5 Å². The van der Waals surface area contributed by atoms with Gasteiger partial charge >= 0.3 is 0 Å². The fourth-order valence-electron chi connectivity index (χ4n) is 7.08. The number of fused-ring (bicyclic) bond motifs is 4. The number of imide groups is 2. The smallest absolute Gasteiger partial charge is 0.262 e. The van der Waals surface area contributed by atoms with Gasteiger partial charge in [-0.1, -0.05) is 18.2 Å².